The van der Waals surface area contributed by atoms with E-state index in [1.165, 1.54) is 82.6 Å². The van der Waals surface area contributed by atoms with Gasteiger partial charge < -0.3 is 22.1 Å². The zero-order chi connectivity index (χ0) is 16.6. The molecule has 2 nitrogen and oxygen atoms in total. The van der Waals surface area contributed by atoms with Crippen molar-refractivity contribution in [3.05, 3.63) is 30.1 Å². The molecule has 0 aliphatic heterocycles. The molecule has 0 aromatic carbocycles. The third-order valence-corrected chi connectivity index (χ3v) is 4.60. The van der Waals surface area contributed by atoms with Crippen LogP contribution in [0.5, 0.6) is 0 Å². The molecule has 1 rings (SSSR count). The van der Waals surface area contributed by atoms with Gasteiger partial charge in [0.15, 0.2) is 12.4 Å². The van der Waals surface area contributed by atoms with Crippen LogP contribution in [-0.2, 0) is 13.0 Å². The zero-order valence-corrected chi connectivity index (χ0v) is 17.3. The summed E-state index contributed by atoms with van der Waals surface area (Å²) in [6.07, 6.45) is 21.3. The first-order chi connectivity index (χ1) is 11.4. The summed E-state index contributed by atoms with van der Waals surface area (Å²) in [4.78, 5) is 0. The molecule has 1 aromatic heterocycles. The second kappa shape index (κ2) is 17.4. The molecule has 1 aromatic rings. The molecule has 0 atom stereocenters. The van der Waals surface area contributed by atoms with Gasteiger partial charge in [0.1, 0.15) is 6.54 Å². The highest BCUT2D eigenvalue weighted by molar-refractivity contribution is 5.06. The fraction of sp³-hybridized carbons (Fsp3) is 0.762. The van der Waals surface area contributed by atoms with Crippen LogP contribution in [0.3, 0.4) is 0 Å². The number of hydrogen-bond donors (Lipinski definition) is 1. The Bertz CT molecular complexity index is 367. The predicted molar refractivity (Wildman–Crippen MR) is 98.5 cm³/mol. The number of pyridine rings is 1. The fourth-order valence-electron chi connectivity index (χ4n) is 3.01. The molecule has 24 heavy (non-hydrogen) atoms. The number of nitrogens with zero attached hydrogens (tertiary/aromatic N) is 1. The van der Waals surface area contributed by atoms with Crippen molar-refractivity contribution < 1.29 is 26.7 Å². The van der Waals surface area contributed by atoms with E-state index in [0.29, 0.717) is 6.61 Å². The topological polar surface area (TPSA) is 24.1 Å². The van der Waals surface area contributed by atoms with E-state index < -0.39 is 0 Å². The van der Waals surface area contributed by atoms with Crippen LogP contribution in [-0.4, -0.2) is 11.7 Å². The van der Waals surface area contributed by atoms with Crippen LogP contribution < -0.4 is 21.5 Å². The minimum atomic E-state index is 0. The van der Waals surface area contributed by atoms with E-state index in [0.717, 1.165) is 13.0 Å². The maximum absolute atomic E-state index is 8.72. The number of halogens is 1. The van der Waals surface area contributed by atoms with Crippen LogP contribution in [0.1, 0.15) is 89.5 Å². The molecule has 0 spiro atoms. The lowest BCUT2D eigenvalue weighted by Crippen LogP contribution is -3.00. The zero-order valence-electron chi connectivity index (χ0n) is 15.7. The molecular formula is C21H38BrNO. The van der Waals surface area contributed by atoms with Crippen LogP contribution >= 0.6 is 0 Å². The van der Waals surface area contributed by atoms with Gasteiger partial charge >= 0.3 is 0 Å². The van der Waals surface area contributed by atoms with E-state index in [-0.39, 0.29) is 17.0 Å². The molecule has 0 aliphatic rings. The standard InChI is InChI=1S/C21H38NO.BrH/c1-2-3-14-21-15-18-22(19-16-21)17-12-10-8-6-4-5-7-9-11-13-20-23;/h15-16,18-19,23H,2-14,17,20H2,1H3;1H/q+1;/p-1. The van der Waals surface area contributed by atoms with Gasteiger partial charge in [-0.2, -0.15) is 0 Å². The molecule has 140 valence electrons. The third-order valence-electron chi connectivity index (χ3n) is 4.60. The lowest BCUT2D eigenvalue weighted by Gasteiger charge is -2.02. The van der Waals surface area contributed by atoms with Crippen molar-refractivity contribution in [2.45, 2.75) is 96.9 Å². The number of aliphatic hydroxyl groups is 1. The molecule has 1 N–H and O–H groups in total. The van der Waals surface area contributed by atoms with E-state index in [1.807, 2.05) is 0 Å². The quantitative estimate of drug-likeness (QED) is 0.354. The Hall–Kier alpha value is -0.410. The second-order valence-electron chi connectivity index (χ2n) is 6.81. The lowest BCUT2D eigenvalue weighted by atomic mass is 10.1. The van der Waals surface area contributed by atoms with E-state index in [1.54, 1.807) is 0 Å². The summed E-state index contributed by atoms with van der Waals surface area (Å²) in [5.41, 5.74) is 1.47. The molecule has 0 saturated heterocycles. The Labute approximate surface area is 160 Å². The molecule has 0 aliphatic carbocycles. The summed E-state index contributed by atoms with van der Waals surface area (Å²) in [5.74, 6) is 0. The van der Waals surface area contributed by atoms with Crippen LogP contribution in [0.25, 0.3) is 0 Å². The minimum Gasteiger partial charge on any atom is -1.00 e. The molecular weight excluding hydrogens is 362 g/mol. The summed E-state index contributed by atoms with van der Waals surface area (Å²) >= 11 is 0. The van der Waals surface area contributed by atoms with Gasteiger partial charge in [-0.25, -0.2) is 4.57 Å². The van der Waals surface area contributed by atoms with Crippen LogP contribution in [0.15, 0.2) is 24.5 Å². The largest absolute Gasteiger partial charge is 1.00 e. The molecule has 0 bridgehead atoms. The van der Waals surface area contributed by atoms with Crippen molar-refractivity contribution in [2.24, 2.45) is 0 Å². The lowest BCUT2D eigenvalue weighted by molar-refractivity contribution is -0.697. The van der Waals surface area contributed by atoms with E-state index in [2.05, 4.69) is 36.0 Å². The first kappa shape index (κ1) is 23.6. The molecule has 0 radical (unpaired) electrons. The molecule has 3 heteroatoms. The van der Waals surface area contributed by atoms with Gasteiger partial charge in [-0.1, -0.05) is 58.3 Å². The van der Waals surface area contributed by atoms with Crippen molar-refractivity contribution in [1.82, 2.24) is 0 Å². The number of aliphatic hydroxyl groups excluding tert-OH is 1. The van der Waals surface area contributed by atoms with Gasteiger partial charge in [0.05, 0.1) is 0 Å². The first-order valence-electron chi connectivity index (χ1n) is 9.95. The fourth-order valence-corrected chi connectivity index (χ4v) is 3.01. The molecule has 0 fully saturated rings. The Morgan fingerprint density at radius 1 is 0.750 bits per heavy atom. The predicted octanol–water partition coefficient (Wildman–Crippen LogP) is 2.21. The molecule has 0 saturated carbocycles. The minimum absolute atomic E-state index is 0. The van der Waals surface area contributed by atoms with Crippen LogP contribution in [0.2, 0.25) is 0 Å². The smallest absolute Gasteiger partial charge is 0.169 e. The van der Waals surface area contributed by atoms with Crippen LogP contribution in [0, 0.1) is 0 Å². The Morgan fingerprint density at radius 3 is 1.75 bits per heavy atom. The van der Waals surface area contributed by atoms with Gasteiger partial charge in [-0.15, -0.1) is 0 Å². The van der Waals surface area contributed by atoms with Crippen molar-refractivity contribution in [2.75, 3.05) is 6.61 Å². The van der Waals surface area contributed by atoms with Gasteiger partial charge in [0.2, 0.25) is 0 Å². The average Bonchev–Trinajstić information content (AvgIpc) is 2.59. The highest BCUT2D eigenvalue weighted by atomic mass is 79.9. The highest BCUT2D eigenvalue weighted by Gasteiger charge is 2.01. The second-order valence-corrected chi connectivity index (χ2v) is 6.81. The summed E-state index contributed by atoms with van der Waals surface area (Å²) in [6.45, 7) is 3.77. The highest BCUT2D eigenvalue weighted by Crippen LogP contribution is 2.10. The molecule has 1 heterocycles. The Kier molecular flexibility index (Phi) is 17.1. The van der Waals surface area contributed by atoms with Crippen molar-refractivity contribution >= 4 is 0 Å². The maximum atomic E-state index is 8.72. The Balaban J connectivity index is 0.00000529. The van der Waals surface area contributed by atoms with Crippen molar-refractivity contribution in [3.8, 4) is 0 Å². The van der Waals surface area contributed by atoms with Gasteiger partial charge in [0.25, 0.3) is 0 Å². The summed E-state index contributed by atoms with van der Waals surface area (Å²) in [6, 6.07) is 4.57. The van der Waals surface area contributed by atoms with Crippen LogP contribution in [0.4, 0.5) is 0 Å². The number of aromatic nitrogens is 1. The van der Waals surface area contributed by atoms with Crippen molar-refractivity contribution in [1.29, 1.82) is 0 Å². The number of aryl methyl sites for hydroxylation is 2. The van der Waals surface area contributed by atoms with Gasteiger partial charge in [-0.05, 0) is 31.2 Å². The number of hydrogen-bond acceptors (Lipinski definition) is 1. The van der Waals surface area contributed by atoms with Gasteiger partial charge in [-0.3, -0.25) is 0 Å². The van der Waals surface area contributed by atoms with E-state index >= 15 is 0 Å². The molecule has 0 amide bonds. The number of unbranched alkanes of at least 4 members (excludes halogenated alkanes) is 10. The number of rotatable bonds is 15. The SMILES string of the molecule is CCCCc1cc[n+](CCCCCCCCCCCCO)cc1.[Br-]. The monoisotopic (exact) mass is 399 g/mol. The normalized spacial score (nSPS) is 10.6. The van der Waals surface area contributed by atoms with Crippen molar-refractivity contribution in [3.63, 3.8) is 0 Å². The summed E-state index contributed by atoms with van der Waals surface area (Å²) in [5, 5.41) is 8.72. The summed E-state index contributed by atoms with van der Waals surface area (Å²) in [7, 11) is 0. The first-order valence-corrected chi connectivity index (χ1v) is 9.95. The average molecular weight is 400 g/mol. The van der Waals surface area contributed by atoms with E-state index in [4.69, 9.17) is 5.11 Å². The molecule has 0 unspecified atom stereocenters. The third kappa shape index (κ3) is 12.9. The summed E-state index contributed by atoms with van der Waals surface area (Å²) < 4.78 is 2.33. The maximum Gasteiger partial charge on any atom is 0.169 e. The van der Waals surface area contributed by atoms with E-state index in [9.17, 15) is 0 Å². The van der Waals surface area contributed by atoms with Gasteiger partial charge in [0, 0.05) is 25.2 Å². The Morgan fingerprint density at radius 2 is 1.25 bits per heavy atom.